The quantitative estimate of drug-likeness (QED) is 0.543. The van der Waals surface area contributed by atoms with Crippen molar-refractivity contribution in [1.29, 1.82) is 0 Å². The summed E-state index contributed by atoms with van der Waals surface area (Å²) < 4.78 is 27.6. The van der Waals surface area contributed by atoms with Crippen LogP contribution in [0.4, 0.5) is 5.69 Å². The van der Waals surface area contributed by atoms with E-state index in [1.807, 2.05) is 42.0 Å². The Labute approximate surface area is 193 Å². The van der Waals surface area contributed by atoms with Crippen molar-refractivity contribution in [2.24, 2.45) is 0 Å². The van der Waals surface area contributed by atoms with Gasteiger partial charge in [-0.05, 0) is 48.9 Å². The number of amides is 2. The Hall–Kier alpha value is -3.66. The zero-order chi connectivity index (χ0) is 24.2. The van der Waals surface area contributed by atoms with Crippen molar-refractivity contribution >= 4 is 27.5 Å². The van der Waals surface area contributed by atoms with Gasteiger partial charge in [-0.15, -0.1) is 0 Å². The number of carbonyl (C=O) groups is 2. The minimum Gasteiger partial charge on any atom is -0.350 e. The van der Waals surface area contributed by atoms with Crippen LogP contribution in [0.15, 0.2) is 60.9 Å². The van der Waals surface area contributed by atoms with Gasteiger partial charge in [0.15, 0.2) is 0 Å². The molecule has 0 unspecified atom stereocenters. The van der Waals surface area contributed by atoms with E-state index in [1.54, 1.807) is 20.3 Å². The fourth-order valence-corrected chi connectivity index (χ4v) is 4.10. The predicted octanol–water partition coefficient (Wildman–Crippen LogP) is 1.96. The summed E-state index contributed by atoms with van der Waals surface area (Å²) in [6.45, 7) is 1.80. The van der Waals surface area contributed by atoms with Crippen LogP contribution < -0.4 is 9.62 Å². The van der Waals surface area contributed by atoms with Crippen LogP contribution in [-0.2, 0) is 21.4 Å². The second kappa shape index (κ2) is 9.86. The van der Waals surface area contributed by atoms with Gasteiger partial charge >= 0.3 is 0 Å². The lowest BCUT2D eigenvalue weighted by molar-refractivity contribution is -0.119. The summed E-state index contributed by atoms with van der Waals surface area (Å²) in [5, 5.41) is 2.76. The summed E-state index contributed by atoms with van der Waals surface area (Å²) in [6.07, 6.45) is 4.63. The van der Waals surface area contributed by atoms with Crippen molar-refractivity contribution in [3.63, 3.8) is 0 Å². The maximum atomic E-state index is 12.5. The van der Waals surface area contributed by atoms with Gasteiger partial charge in [-0.1, -0.05) is 12.1 Å². The summed E-state index contributed by atoms with van der Waals surface area (Å²) in [7, 11) is -0.443. The first-order valence-corrected chi connectivity index (χ1v) is 12.1. The molecule has 3 aromatic rings. The lowest BCUT2D eigenvalue weighted by Gasteiger charge is -2.22. The van der Waals surface area contributed by atoms with Gasteiger partial charge < -0.3 is 14.8 Å². The molecule has 3 rings (SSSR count). The first kappa shape index (κ1) is 24.0. The van der Waals surface area contributed by atoms with Crippen LogP contribution in [-0.4, -0.2) is 61.6 Å². The Balaban J connectivity index is 1.65. The molecule has 2 aromatic carbocycles. The largest absolute Gasteiger partial charge is 0.350 e. The highest BCUT2D eigenvalue weighted by Crippen LogP contribution is 2.19. The van der Waals surface area contributed by atoms with Crippen LogP contribution in [0.2, 0.25) is 0 Å². The molecule has 0 bridgehead atoms. The highest BCUT2D eigenvalue weighted by molar-refractivity contribution is 7.92. The first-order valence-electron chi connectivity index (χ1n) is 10.2. The molecule has 0 atom stereocenters. The topological polar surface area (TPSA) is 105 Å². The van der Waals surface area contributed by atoms with Crippen molar-refractivity contribution in [3.8, 4) is 5.69 Å². The van der Waals surface area contributed by atoms with E-state index < -0.39 is 15.9 Å². The van der Waals surface area contributed by atoms with Crippen molar-refractivity contribution in [3.05, 3.63) is 77.9 Å². The van der Waals surface area contributed by atoms with Gasteiger partial charge in [0.25, 0.3) is 5.91 Å². The van der Waals surface area contributed by atoms with Gasteiger partial charge in [-0.3, -0.25) is 13.9 Å². The second-order valence-corrected chi connectivity index (χ2v) is 9.71. The van der Waals surface area contributed by atoms with Gasteiger partial charge in [0.2, 0.25) is 15.9 Å². The van der Waals surface area contributed by atoms with E-state index in [0.717, 1.165) is 27.6 Å². The van der Waals surface area contributed by atoms with Crippen LogP contribution in [0.3, 0.4) is 0 Å². The standard InChI is InChI=1S/C23H27N5O4S/c1-17-24-13-14-27(17)20-9-5-18(6-10-20)15-25-22(29)16-28(33(4,31)32)21-11-7-19(8-12-21)23(30)26(2)3/h5-14H,15-16H2,1-4H3,(H,25,29). The maximum Gasteiger partial charge on any atom is 0.253 e. The molecular weight excluding hydrogens is 442 g/mol. The van der Waals surface area contributed by atoms with Crippen molar-refractivity contribution < 1.29 is 18.0 Å². The molecule has 1 aromatic heterocycles. The number of hydrogen-bond acceptors (Lipinski definition) is 5. The van der Waals surface area contributed by atoms with Gasteiger partial charge in [0.05, 0.1) is 11.9 Å². The zero-order valence-electron chi connectivity index (χ0n) is 19.0. The molecule has 0 aliphatic carbocycles. The van der Waals surface area contributed by atoms with Crippen molar-refractivity contribution in [1.82, 2.24) is 19.8 Å². The molecule has 9 nitrogen and oxygen atoms in total. The number of aryl methyl sites for hydroxylation is 1. The first-order chi connectivity index (χ1) is 15.6. The van der Waals surface area contributed by atoms with Crippen LogP contribution in [0.5, 0.6) is 0 Å². The van der Waals surface area contributed by atoms with Gasteiger partial charge in [0, 0.05) is 44.3 Å². The molecule has 0 aliphatic rings. The molecule has 1 N–H and O–H groups in total. The Morgan fingerprint density at radius 1 is 1.03 bits per heavy atom. The number of aromatic nitrogens is 2. The number of imidazole rings is 1. The van der Waals surface area contributed by atoms with E-state index in [4.69, 9.17) is 0 Å². The molecule has 0 aliphatic heterocycles. The van der Waals surface area contributed by atoms with Crippen molar-refractivity contribution in [2.75, 3.05) is 31.2 Å². The average Bonchev–Trinajstić information content (AvgIpc) is 3.21. The lowest BCUT2D eigenvalue weighted by Crippen LogP contribution is -2.40. The molecule has 2 amide bonds. The van der Waals surface area contributed by atoms with E-state index in [9.17, 15) is 18.0 Å². The molecule has 1 heterocycles. The third-order valence-electron chi connectivity index (χ3n) is 5.03. The number of anilines is 1. The number of sulfonamides is 1. The molecule has 33 heavy (non-hydrogen) atoms. The smallest absolute Gasteiger partial charge is 0.253 e. The molecule has 0 radical (unpaired) electrons. The molecule has 0 saturated carbocycles. The van der Waals surface area contributed by atoms with E-state index in [2.05, 4.69) is 10.3 Å². The molecule has 0 fully saturated rings. The third-order valence-corrected chi connectivity index (χ3v) is 6.17. The number of benzene rings is 2. The van der Waals surface area contributed by atoms with Gasteiger partial charge in [0.1, 0.15) is 12.4 Å². The molecular formula is C23H27N5O4S. The molecule has 174 valence electrons. The number of hydrogen-bond donors (Lipinski definition) is 1. The van der Waals surface area contributed by atoms with Gasteiger partial charge in [-0.2, -0.15) is 0 Å². The Bertz CT molecular complexity index is 1230. The third kappa shape index (κ3) is 5.98. The number of carbonyl (C=O) groups excluding carboxylic acids is 2. The lowest BCUT2D eigenvalue weighted by atomic mass is 10.2. The van der Waals surface area contributed by atoms with E-state index in [1.165, 1.54) is 29.2 Å². The second-order valence-electron chi connectivity index (χ2n) is 7.80. The number of nitrogens with zero attached hydrogens (tertiary/aromatic N) is 4. The minimum atomic E-state index is -3.71. The van der Waals surface area contributed by atoms with Crippen LogP contribution in [0.25, 0.3) is 5.69 Å². The fourth-order valence-electron chi connectivity index (χ4n) is 3.24. The fraction of sp³-hybridized carbons (Fsp3) is 0.261. The molecule has 0 saturated heterocycles. The van der Waals surface area contributed by atoms with Crippen LogP contribution in [0, 0.1) is 6.92 Å². The minimum absolute atomic E-state index is 0.195. The molecule has 10 heteroatoms. The highest BCUT2D eigenvalue weighted by Gasteiger charge is 2.21. The summed E-state index contributed by atoms with van der Waals surface area (Å²) in [4.78, 5) is 30.2. The van der Waals surface area contributed by atoms with Crippen LogP contribution >= 0.6 is 0 Å². The zero-order valence-corrected chi connectivity index (χ0v) is 19.8. The molecule has 0 spiro atoms. The van der Waals surface area contributed by atoms with Gasteiger partial charge in [-0.25, -0.2) is 13.4 Å². The number of rotatable bonds is 8. The van der Waals surface area contributed by atoms with E-state index in [-0.39, 0.29) is 19.0 Å². The summed E-state index contributed by atoms with van der Waals surface area (Å²) >= 11 is 0. The normalized spacial score (nSPS) is 11.2. The monoisotopic (exact) mass is 469 g/mol. The summed E-state index contributed by atoms with van der Waals surface area (Å²) in [6, 6.07) is 13.7. The van der Waals surface area contributed by atoms with E-state index >= 15 is 0 Å². The summed E-state index contributed by atoms with van der Waals surface area (Å²) in [5.41, 5.74) is 2.57. The Kier molecular flexibility index (Phi) is 7.17. The maximum absolute atomic E-state index is 12.5. The van der Waals surface area contributed by atoms with Crippen molar-refractivity contribution in [2.45, 2.75) is 13.5 Å². The van der Waals surface area contributed by atoms with Crippen LogP contribution in [0.1, 0.15) is 21.7 Å². The Morgan fingerprint density at radius 2 is 1.67 bits per heavy atom. The number of nitrogens with one attached hydrogen (secondary N) is 1. The van der Waals surface area contributed by atoms with E-state index in [0.29, 0.717) is 11.3 Å². The summed E-state index contributed by atoms with van der Waals surface area (Å²) in [5.74, 6) is 0.235. The Morgan fingerprint density at radius 3 is 2.18 bits per heavy atom. The SMILES string of the molecule is Cc1nccn1-c1ccc(CNC(=O)CN(c2ccc(C(=O)N(C)C)cc2)S(C)(=O)=O)cc1. The highest BCUT2D eigenvalue weighted by atomic mass is 32.2. The average molecular weight is 470 g/mol. The predicted molar refractivity (Wildman–Crippen MR) is 127 cm³/mol.